The third-order valence-electron chi connectivity index (χ3n) is 6.15. The lowest BCUT2D eigenvalue weighted by Gasteiger charge is -2.32. The van der Waals surface area contributed by atoms with Gasteiger partial charge in [0.15, 0.2) is 0 Å². The Bertz CT molecular complexity index is 1090. The van der Waals surface area contributed by atoms with Crippen LogP contribution in [0.3, 0.4) is 0 Å². The van der Waals surface area contributed by atoms with Crippen molar-refractivity contribution in [2.75, 3.05) is 19.5 Å². The number of nitrogens with one attached hydrogen (secondary N) is 1. The number of anilines is 1. The van der Waals surface area contributed by atoms with Gasteiger partial charge in [-0.3, -0.25) is 0 Å². The van der Waals surface area contributed by atoms with Crippen molar-refractivity contribution in [1.82, 2.24) is 10.2 Å². The van der Waals surface area contributed by atoms with E-state index in [0.717, 1.165) is 39.1 Å². The summed E-state index contributed by atoms with van der Waals surface area (Å²) in [6.45, 7) is 8.76. The minimum atomic E-state index is -0.434. The number of fused-ring (bicyclic) bond motifs is 1. The Labute approximate surface area is 183 Å². The Morgan fingerprint density at radius 2 is 1.71 bits per heavy atom. The van der Waals surface area contributed by atoms with Crippen LogP contribution >= 0.6 is 0 Å². The van der Waals surface area contributed by atoms with Crippen molar-refractivity contribution >= 4 is 29.2 Å². The summed E-state index contributed by atoms with van der Waals surface area (Å²) in [6.07, 6.45) is 1.73. The number of aromatic nitrogens is 2. The summed E-state index contributed by atoms with van der Waals surface area (Å²) < 4.78 is 23.1. The number of benzene rings is 2. The van der Waals surface area contributed by atoms with Gasteiger partial charge >= 0.3 is 7.12 Å². The first-order valence-electron chi connectivity index (χ1n) is 10.3. The van der Waals surface area contributed by atoms with Gasteiger partial charge in [-0.05, 0) is 51.4 Å². The zero-order chi connectivity index (χ0) is 22.2. The molecule has 1 aliphatic rings. The molecule has 4 rings (SSSR count). The molecule has 8 heteroatoms. The summed E-state index contributed by atoms with van der Waals surface area (Å²) in [5, 5.41) is 12.9. The minimum absolute atomic E-state index is 0.390. The third-order valence-corrected chi connectivity index (χ3v) is 6.15. The van der Waals surface area contributed by atoms with E-state index in [0.29, 0.717) is 6.54 Å². The molecule has 1 saturated heterocycles. The molecule has 1 fully saturated rings. The second kappa shape index (κ2) is 8.02. The molecule has 0 aliphatic carbocycles. The average Bonchev–Trinajstić information content (AvgIpc) is 2.98. The number of hydrogen-bond acceptors (Lipinski definition) is 7. The van der Waals surface area contributed by atoms with Crippen molar-refractivity contribution in [2.45, 2.75) is 45.4 Å². The molecule has 162 valence electrons. The molecular formula is C23H28BN3O4. The van der Waals surface area contributed by atoms with Gasteiger partial charge in [0, 0.05) is 23.6 Å². The van der Waals surface area contributed by atoms with E-state index in [-0.39, 0.29) is 11.2 Å². The Balaban J connectivity index is 1.57. The Morgan fingerprint density at radius 3 is 2.39 bits per heavy atom. The molecular weight excluding hydrogens is 393 g/mol. The SMILES string of the molecule is COc1ccc(CNc2cnnc3cc(B4OC(C)(C)C(C)(C)O4)ccc23)c(OC)c1. The van der Waals surface area contributed by atoms with Gasteiger partial charge in [0.2, 0.25) is 0 Å². The first kappa shape index (κ1) is 21.4. The van der Waals surface area contributed by atoms with Crippen LogP contribution in [0.2, 0.25) is 0 Å². The van der Waals surface area contributed by atoms with Crippen LogP contribution in [0.5, 0.6) is 11.5 Å². The predicted molar refractivity (Wildman–Crippen MR) is 122 cm³/mol. The summed E-state index contributed by atoms with van der Waals surface area (Å²) in [6, 6.07) is 11.8. The molecule has 3 aromatic rings. The standard InChI is InChI=1S/C23H28BN3O4/c1-22(2)23(3,4)31-24(30-22)16-8-10-18-19(11-16)27-26-14-20(18)25-13-15-7-9-17(28-5)12-21(15)29-6/h7-12,14H,13H2,1-6H3,(H,25,27). The van der Waals surface area contributed by atoms with E-state index < -0.39 is 7.12 Å². The molecule has 0 amide bonds. The van der Waals surface area contributed by atoms with Crippen molar-refractivity contribution in [1.29, 1.82) is 0 Å². The topological polar surface area (TPSA) is 74.7 Å². The maximum atomic E-state index is 6.17. The van der Waals surface area contributed by atoms with Gasteiger partial charge in [-0.15, -0.1) is 0 Å². The van der Waals surface area contributed by atoms with Crippen LogP contribution in [0.25, 0.3) is 10.9 Å². The third kappa shape index (κ3) is 4.05. The highest BCUT2D eigenvalue weighted by Crippen LogP contribution is 2.36. The molecule has 1 aliphatic heterocycles. The largest absolute Gasteiger partial charge is 0.497 e. The molecule has 0 unspecified atom stereocenters. The van der Waals surface area contributed by atoms with Crippen molar-refractivity contribution in [3.05, 3.63) is 48.2 Å². The summed E-state index contributed by atoms with van der Waals surface area (Å²) in [7, 11) is 2.86. The van der Waals surface area contributed by atoms with Gasteiger partial charge in [-0.2, -0.15) is 10.2 Å². The first-order valence-corrected chi connectivity index (χ1v) is 10.3. The summed E-state index contributed by atoms with van der Waals surface area (Å²) in [4.78, 5) is 0. The minimum Gasteiger partial charge on any atom is -0.497 e. The van der Waals surface area contributed by atoms with Crippen LogP contribution < -0.4 is 20.3 Å². The quantitative estimate of drug-likeness (QED) is 0.610. The van der Waals surface area contributed by atoms with E-state index in [1.807, 2.05) is 64.1 Å². The second-order valence-electron chi connectivity index (χ2n) is 8.65. The molecule has 2 heterocycles. The molecule has 7 nitrogen and oxygen atoms in total. The van der Waals surface area contributed by atoms with E-state index in [1.54, 1.807) is 20.4 Å². The van der Waals surface area contributed by atoms with Gasteiger partial charge in [0.05, 0.1) is 42.8 Å². The Kier molecular flexibility index (Phi) is 5.53. The molecule has 31 heavy (non-hydrogen) atoms. The lowest BCUT2D eigenvalue weighted by molar-refractivity contribution is 0.00578. The van der Waals surface area contributed by atoms with Gasteiger partial charge in [-0.1, -0.05) is 12.1 Å². The van der Waals surface area contributed by atoms with Gasteiger partial charge in [0.1, 0.15) is 11.5 Å². The number of methoxy groups -OCH3 is 2. The van der Waals surface area contributed by atoms with Crippen LogP contribution in [0.4, 0.5) is 5.69 Å². The van der Waals surface area contributed by atoms with Crippen molar-refractivity contribution in [2.24, 2.45) is 0 Å². The van der Waals surface area contributed by atoms with E-state index >= 15 is 0 Å². The van der Waals surface area contributed by atoms with Crippen molar-refractivity contribution in [3.63, 3.8) is 0 Å². The molecule has 1 N–H and O–H groups in total. The van der Waals surface area contributed by atoms with E-state index in [2.05, 4.69) is 15.5 Å². The fraction of sp³-hybridized carbons (Fsp3) is 0.391. The van der Waals surface area contributed by atoms with Crippen LogP contribution in [-0.2, 0) is 15.9 Å². The highest BCUT2D eigenvalue weighted by Gasteiger charge is 2.51. The Hall–Kier alpha value is -2.84. The maximum absolute atomic E-state index is 6.17. The zero-order valence-corrected chi connectivity index (χ0v) is 18.9. The monoisotopic (exact) mass is 421 g/mol. The molecule has 1 aromatic heterocycles. The summed E-state index contributed by atoms with van der Waals surface area (Å²) in [5.74, 6) is 1.52. The predicted octanol–water partition coefficient (Wildman–Crippen LogP) is 3.56. The lowest BCUT2D eigenvalue weighted by atomic mass is 9.78. The van der Waals surface area contributed by atoms with E-state index in [9.17, 15) is 0 Å². The van der Waals surface area contributed by atoms with E-state index in [1.165, 1.54) is 0 Å². The number of nitrogens with zero attached hydrogens (tertiary/aromatic N) is 2. The van der Waals surface area contributed by atoms with Gasteiger partial charge in [0.25, 0.3) is 0 Å². The summed E-state index contributed by atoms with van der Waals surface area (Å²) >= 11 is 0. The molecule has 0 spiro atoms. The average molecular weight is 421 g/mol. The normalized spacial score (nSPS) is 17.0. The number of hydrogen-bond donors (Lipinski definition) is 1. The van der Waals surface area contributed by atoms with Crippen LogP contribution in [0.1, 0.15) is 33.3 Å². The number of ether oxygens (including phenoxy) is 2. The van der Waals surface area contributed by atoms with E-state index in [4.69, 9.17) is 18.8 Å². The molecule has 0 atom stereocenters. The fourth-order valence-electron chi connectivity index (χ4n) is 3.53. The molecule has 2 aromatic carbocycles. The first-order chi connectivity index (χ1) is 14.7. The summed E-state index contributed by atoms with van der Waals surface area (Å²) in [5.41, 5.74) is 2.83. The van der Waals surface area contributed by atoms with Crippen molar-refractivity contribution < 1.29 is 18.8 Å². The van der Waals surface area contributed by atoms with Crippen molar-refractivity contribution in [3.8, 4) is 11.5 Å². The highest BCUT2D eigenvalue weighted by molar-refractivity contribution is 6.62. The maximum Gasteiger partial charge on any atom is 0.494 e. The van der Waals surface area contributed by atoms with Crippen LogP contribution in [0.15, 0.2) is 42.6 Å². The molecule has 0 bridgehead atoms. The lowest BCUT2D eigenvalue weighted by Crippen LogP contribution is -2.41. The second-order valence-corrected chi connectivity index (χ2v) is 8.65. The Morgan fingerprint density at radius 1 is 0.968 bits per heavy atom. The smallest absolute Gasteiger partial charge is 0.494 e. The zero-order valence-electron chi connectivity index (χ0n) is 18.9. The fourth-order valence-corrected chi connectivity index (χ4v) is 3.53. The molecule has 0 radical (unpaired) electrons. The highest BCUT2D eigenvalue weighted by atomic mass is 16.7. The van der Waals surface area contributed by atoms with Gasteiger partial charge in [-0.25, -0.2) is 0 Å². The van der Waals surface area contributed by atoms with Crippen LogP contribution in [-0.4, -0.2) is 42.7 Å². The van der Waals surface area contributed by atoms with Gasteiger partial charge < -0.3 is 24.1 Å². The van der Waals surface area contributed by atoms with Crippen LogP contribution in [0, 0.1) is 0 Å². The number of rotatable bonds is 6. The molecule has 0 saturated carbocycles.